The maximum absolute atomic E-state index is 14.8. The molecule has 4 aromatic rings. The lowest BCUT2D eigenvalue weighted by Gasteiger charge is -2.29. The number of amides is 2. The first-order valence-electron chi connectivity index (χ1n) is 17.6. The molecule has 262 valence electrons. The summed E-state index contributed by atoms with van der Waals surface area (Å²) in [5.74, 6) is 0.771. The smallest absolute Gasteiger partial charge is 0.257 e. The summed E-state index contributed by atoms with van der Waals surface area (Å²) >= 11 is 13.4. The molecule has 6 rings (SSSR count). The van der Waals surface area contributed by atoms with E-state index in [9.17, 15) is 9.59 Å². The van der Waals surface area contributed by atoms with Crippen LogP contribution < -0.4 is 9.80 Å². The van der Waals surface area contributed by atoms with Crippen molar-refractivity contribution in [1.29, 1.82) is 0 Å². The highest BCUT2D eigenvalue weighted by molar-refractivity contribution is 6.36. The molecule has 8 nitrogen and oxygen atoms in total. The number of hydrogen-bond acceptors (Lipinski definition) is 6. The van der Waals surface area contributed by atoms with Crippen molar-refractivity contribution >= 4 is 46.7 Å². The third kappa shape index (κ3) is 8.48. The van der Waals surface area contributed by atoms with E-state index in [-0.39, 0.29) is 24.2 Å². The van der Waals surface area contributed by atoms with Gasteiger partial charge in [0, 0.05) is 74.0 Å². The Balaban J connectivity index is 1.37. The molecule has 3 aromatic carbocycles. The molecule has 0 N–H and O–H groups in total. The van der Waals surface area contributed by atoms with Crippen molar-refractivity contribution < 1.29 is 9.59 Å². The molecule has 0 aliphatic carbocycles. The van der Waals surface area contributed by atoms with Crippen molar-refractivity contribution in [3.8, 4) is 0 Å². The summed E-state index contributed by atoms with van der Waals surface area (Å²) < 4.78 is 0. The van der Waals surface area contributed by atoms with Crippen molar-refractivity contribution in [2.75, 3.05) is 56.1 Å². The van der Waals surface area contributed by atoms with E-state index in [0.717, 1.165) is 55.7 Å². The van der Waals surface area contributed by atoms with Crippen LogP contribution in [-0.2, 0) is 30.6 Å². The normalized spacial score (nSPS) is 16.0. The van der Waals surface area contributed by atoms with E-state index >= 15 is 0 Å². The Morgan fingerprint density at radius 2 is 1.46 bits per heavy atom. The summed E-state index contributed by atoms with van der Waals surface area (Å²) in [6.07, 6.45) is 5.05. The molecule has 0 saturated carbocycles. The van der Waals surface area contributed by atoms with Gasteiger partial charge in [0.15, 0.2) is 0 Å². The van der Waals surface area contributed by atoms with Crippen molar-refractivity contribution in [3.05, 3.63) is 116 Å². The van der Waals surface area contributed by atoms with Crippen LogP contribution in [0.5, 0.6) is 0 Å². The van der Waals surface area contributed by atoms with Crippen LogP contribution in [-0.4, -0.2) is 77.9 Å². The third-order valence-electron chi connectivity index (χ3n) is 9.68. The number of nitrogens with zero attached hydrogens (tertiary/aromatic N) is 6. The number of carbonyl (C=O) groups excluding carboxylic acids is 2. The fraction of sp³-hybridized carbons (Fsp3) is 0.400. The molecule has 3 heterocycles. The first-order valence-corrected chi connectivity index (χ1v) is 18.4. The molecule has 50 heavy (non-hydrogen) atoms. The van der Waals surface area contributed by atoms with Crippen molar-refractivity contribution in [1.82, 2.24) is 19.8 Å². The molecule has 0 radical (unpaired) electrons. The lowest BCUT2D eigenvalue weighted by Crippen LogP contribution is -2.38. The summed E-state index contributed by atoms with van der Waals surface area (Å²) in [5.41, 5.74) is 6.21. The number of para-hydroxylation sites is 1. The molecule has 0 unspecified atom stereocenters. The highest BCUT2D eigenvalue weighted by Gasteiger charge is 2.27. The number of carbonyl (C=O) groups is 2. The minimum Gasteiger partial charge on any atom is -0.340 e. The average molecular weight is 714 g/mol. The van der Waals surface area contributed by atoms with Crippen LogP contribution in [0.15, 0.2) is 72.9 Å². The molecule has 2 aliphatic heterocycles. The number of rotatable bonds is 6. The van der Waals surface area contributed by atoms with E-state index in [1.54, 1.807) is 6.20 Å². The van der Waals surface area contributed by atoms with Gasteiger partial charge in [0.05, 0.1) is 11.3 Å². The lowest BCUT2D eigenvalue weighted by atomic mass is 10.0. The van der Waals surface area contributed by atoms with Crippen LogP contribution in [0.2, 0.25) is 10.0 Å². The molecule has 1 aromatic heterocycles. The van der Waals surface area contributed by atoms with Gasteiger partial charge in [-0.15, -0.1) is 0 Å². The largest absolute Gasteiger partial charge is 0.340 e. The molecule has 0 spiro atoms. The van der Waals surface area contributed by atoms with Crippen molar-refractivity contribution in [3.63, 3.8) is 0 Å². The number of fused-ring (bicyclic) bond motifs is 2. The van der Waals surface area contributed by atoms with Gasteiger partial charge in [0.25, 0.3) is 5.91 Å². The molecule has 2 amide bonds. The van der Waals surface area contributed by atoms with Crippen LogP contribution in [0, 0.1) is 5.92 Å². The number of hydrogen-bond donors (Lipinski definition) is 0. The van der Waals surface area contributed by atoms with E-state index in [1.165, 1.54) is 11.1 Å². The summed E-state index contributed by atoms with van der Waals surface area (Å²) in [4.78, 5) is 46.4. The molecule has 0 bridgehead atoms. The molecule has 10 heteroatoms. The predicted octanol–water partition coefficient (Wildman–Crippen LogP) is 7.34. The Bertz CT molecular complexity index is 1780. The van der Waals surface area contributed by atoms with Crippen LogP contribution >= 0.6 is 23.2 Å². The van der Waals surface area contributed by atoms with Crippen LogP contribution in [0.3, 0.4) is 0 Å². The van der Waals surface area contributed by atoms with E-state index in [2.05, 4.69) is 55.0 Å². The van der Waals surface area contributed by atoms with Crippen LogP contribution in [0.1, 0.15) is 65.0 Å². The second-order valence-corrected chi connectivity index (χ2v) is 14.6. The summed E-state index contributed by atoms with van der Waals surface area (Å²) in [6, 6.07) is 22.0. The SMILES string of the molecule is CC(C)CC(=O)N1CCCN(C)CCN(C(=O)c2cnc(N3CCc4ccccc4CC3)nc2Cc2c(Cl)cccc2Cl)Cc2ccccc21. The third-order valence-corrected chi connectivity index (χ3v) is 10.4. The van der Waals surface area contributed by atoms with E-state index in [4.69, 9.17) is 33.2 Å². The highest BCUT2D eigenvalue weighted by atomic mass is 35.5. The Morgan fingerprint density at radius 1 is 0.800 bits per heavy atom. The van der Waals surface area contributed by atoms with E-state index in [0.29, 0.717) is 59.9 Å². The van der Waals surface area contributed by atoms with Crippen molar-refractivity contribution in [2.24, 2.45) is 5.92 Å². The predicted molar refractivity (Wildman–Crippen MR) is 202 cm³/mol. The molecule has 0 fully saturated rings. The molecule has 0 saturated heterocycles. The van der Waals surface area contributed by atoms with Crippen molar-refractivity contribution in [2.45, 2.75) is 52.5 Å². The summed E-state index contributed by atoms with van der Waals surface area (Å²) in [6.45, 7) is 8.65. The van der Waals surface area contributed by atoms with Gasteiger partial charge in [-0.1, -0.05) is 85.6 Å². The first kappa shape index (κ1) is 35.8. The highest BCUT2D eigenvalue weighted by Crippen LogP contribution is 2.30. The Labute approximate surface area is 306 Å². The lowest BCUT2D eigenvalue weighted by molar-refractivity contribution is -0.119. The Hall–Kier alpha value is -3.98. The monoisotopic (exact) mass is 712 g/mol. The first-order chi connectivity index (χ1) is 24.2. The van der Waals surface area contributed by atoms with Crippen LogP contribution in [0.25, 0.3) is 0 Å². The molecule has 2 aliphatic rings. The Morgan fingerprint density at radius 3 is 2.14 bits per heavy atom. The number of halogens is 2. The van der Waals surface area contributed by atoms with Gasteiger partial charge in [-0.05, 0) is 79.2 Å². The van der Waals surface area contributed by atoms with Gasteiger partial charge in [0.1, 0.15) is 0 Å². The van der Waals surface area contributed by atoms with Gasteiger partial charge in [0.2, 0.25) is 11.9 Å². The number of anilines is 2. The minimum absolute atomic E-state index is 0.103. The maximum atomic E-state index is 14.8. The molecular formula is C40H46Cl2N6O2. The summed E-state index contributed by atoms with van der Waals surface area (Å²) in [7, 11) is 2.07. The molecule has 0 atom stereocenters. The fourth-order valence-electron chi connectivity index (χ4n) is 6.89. The molecular weight excluding hydrogens is 667 g/mol. The van der Waals surface area contributed by atoms with Gasteiger partial charge in [-0.25, -0.2) is 9.97 Å². The second kappa shape index (κ2) is 16.4. The fourth-order valence-corrected chi connectivity index (χ4v) is 7.42. The quantitative estimate of drug-likeness (QED) is 0.208. The van der Waals surface area contributed by atoms with Crippen LogP contribution in [0.4, 0.5) is 11.6 Å². The van der Waals surface area contributed by atoms with Gasteiger partial charge >= 0.3 is 0 Å². The number of benzene rings is 3. The standard InChI is InChI=1S/C40H46Cl2N6O2/c1-28(2)24-38(49)48-19-9-18-45(3)22-23-47(27-31-12-6-7-15-37(31)48)39(50)33-26-43-40(44-36(33)25-32-34(41)13-8-14-35(32)42)46-20-16-29-10-4-5-11-30(29)17-21-46/h4-8,10-15,26,28H,9,16-25,27H2,1-3H3. The zero-order valence-corrected chi connectivity index (χ0v) is 30.8. The maximum Gasteiger partial charge on any atom is 0.257 e. The minimum atomic E-state index is -0.166. The number of aromatic nitrogens is 2. The zero-order chi connectivity index (χ0) is 35.2. The zero-order valence-electron chi connectivity index (χ0n) is 29.2. The number of likely N-dealkylation sites (N-methyl/N-ethyl adjacent to an activating group) is 1. The van der Waals surface area contributed by atoms with Gasteiger partial charge < -0.3 is 19.6 Å². The topological polar surface area (TPSA) is 72.9 Å². The van der Waals surface area contributed by atoms with E-state index < -0.39 is 0 Å². The van der Waals surface area contributed by atoms with E-state index in [1.807, 2.05) is 52.3 Å². The summed E-state index contributed by atoms with van der Waals surface area (Å²) in [5, 5.41) is 1.05. The van der Waals surface area contributed by atoms with Gasteiger partial charge in [-0.3, -0.25) is 9.59 Å². The van der Waals surface area contributed by atoms with Gasteiger partial charge in [-0.2, -0.15) is 0 Å². The average Bonchev–Trinajstić information content (AvgIpc) is 3.34. The second-order valence-electron chi connectivity index (χ2n) is 13.8. The Kier molecular flexibility index (Phi) is 11.7.